The molecule has 0 aliphatic heterocycles. The predicted molar refractivity (Wildman–Crippen MR) is 151 cm³/mol. The minimum Gasteiger partial charge on any atom is -0.346 e. The summed E-state index contributed by atoms with van der Waals surface area (Å²) in [5, 5.41) is 9.39. The lowest BCUT2D eigenvalue weighted by Crippen LogP contribution is -2.20. The molecule has 1 aromatic heterocycles. The number of alkyl halides is 3. The summed E-state index contributed by atoms with van der Waals surface area (Å²) in [6.07, 6.45) is -2.95. The lowest BCUT2D eigenvalue weighted by atomic mass is 9.98. The van der Waals surface area contributed by atoms with Gasteiger partial charge in [0, 0.05) is 41.4 Å². The number of urea groups is 1. The maximum Gasteiger partial charge on any atom is 0.416 e. The largest absolute Gasteiger partial charge is 0.416 e. The van der Waals surface area contributed by atoms with Crippen molar-refractivity contribution in [1.29, 1.82) is 0 Å². The van der Waals surface area contributed by atoms with Gasteiger partial charge in [0.15, 0.2) is 5.78 Å². The fourth-order valence-electron chi connectivity index (χ4n) is 4.43. The van der Waals surface area contributed by atoms with Crippen molar-refractivity contribution in [2.75, 3.05) is 16.0 Å². The fraction of sp³-hybridized carbons (Fsp3) is 0.0645. The molecule has 0 unspecified atom stereocenters. The molecule has 1 heterocycles. The van der Waals surface area contributed by atoms with Crippen LogP contribution < -0.4 is 16.0 Å². The van der Waals surface area contributed by atoms with Crippen LogP contribution in [0.2, 0.25) is 0 Å². The Balaban J connectivity index is 1.27. The summed E-state index contributed by atoms with van der Waals surface area (Å²) in [6.45, 7) is 0. The first-order valence-electron chi connectivity index (χ1n) is 12.4. The number of benzene rings is 4. The summed E-state index contributed by atoms with van der Waals surface area (Å²) in [5.74, 6) is -0.690. The molecule has 0 saturated heterocycles. The zero-order chi connectivity index (χ0) is 29.1. The molecule has 0 radical (unpaired) electrons. The van der Waals surface area contributed by atoms with Crippen LogP contribution in [0.1, 0.15) is 32.0 Å². The number of halogens is 3. The van der Waals surface area contributed by atoms with Gasteiger partial charge in [0.2, 0.25) is 0 Å². The average Bonchev–Trinajstić information content (AvgIpc) is 3.34. The van der Waals surface area contributed by atoms with E-state index in [1.165, 1.54) is 24.3 Å². The van der Waals surface area contributed by atoms with Crippen LogP contribution in [0.25, 0.3) is 10.8 Å². The molecule has 5 rings (SSSR count). The van der Waals surface area contributed by atoms with Gasteiger partial charge in [-0.05, 0) is 53.2 Å². The van der Waals surface area contributed by atoms with E-state index in [0.717, 1.165) is 22.9 Å². The number of fused-ring (bicyclic) bond motifs is 1. The summed E-state index contributed by atoms with van der Waals surface area (Å²) >= 11 is 0. The van der Waals surface area contributed by atoms with Crippen LogP contribution in [0.4, 0.5) is 35.0 Å². The Bertz CT molecular complexity index is 1790. The van der Waals surface area contributed by atoms with Gasteiger partial charge in [-0.1, -0.05) is 54.6 Å². The topological polar surface area (TPSA) is 92.2 Å². The zero-order valence-corrected chi connectivity index (χ0v) is 21.6. The van der Waals surface area contributed by atoms with E-state index in [1.54, 1.807) is 42.1 Å². The molecular weight excluding hydrogens is 533 g/mol. The second kappa shape index (κ2) is 11.0. The number of rotatable bonds is 6. The quantitative estimate of drug-likeness (QED) is 0.191. The van der Waals surface area contributed by atoms with Crippen LogP contribution in [0.3, 0.4) is 0 Å². The molecule has 0 bridgehead atoms. The third-order valence-corrected chi connectivity index (χ3v) is 6.36. The number of hydrogen-bond acceptors (Lipinski definition) is 3. The number of aromatic nitrogens is 1. The van der Waals surface area contributed by atoms with Gasteiger partial charge in [-0.25, -0.2) is 4.79 Å². The second-order valence-corrected chi connectivity index (χ2v) is 9.27. The lowest BCUT2D eigenvalue weighted by Gasteiger charge is -2.12. The molecule has 7 nitrogen and oxygen atoms in total. The van der Waals surface area contributed by atoms with Crippen LogP contribution >= 0.6 is 0 Å². The van der Waals surface area contributed by atoms with Gasteiger partial charge in [-0.2, -0.15) is 13.2 Å². The number of amides is 3. The van der Waals surface area contributed by atoms with E-state index in [-0.39, 0.29) is 17.2 Å². The Morgan fingerprint density at radius 1 is 0.707 bits per heavy atom. The van der Waals surface area contributed by atoms with Crippen LogP contribution in [0, 0.1) is 0 Å². The molecule has 41 heavy (non-hydrogen) atoms. The molecule has 5 aromatic rings. The standard InChI is InChI=1S/C31H23F3N4O3/c1-38-18-20(28(39)26-14-4-8-19-7-2-3-13-25(19)26)15-27(38)29(40)35-23-11-6-12-24(17-23)37-30(41)36-22-10-5-9-21(16-22)31(32,33)34/h2-18H,1H3,(H,35,40)(H2,36,37,41). The van der Waals surface area contributed by atoms with Crippen molar-refractivity contribution in [3.8, 4) is 0 Å². The number of carbonyl (C=O) groups excluding carboxylic acids is 3. The van der Waals surface area contributed by atoms with Crippen LogP contribution in [-0.4, -0.2) is 22.3 Å². The lowest BCUT2D eigenvalue weighted by molar-refractivity contribution is -0.137. The number of aryl methyl sites for hydroxylation is 1. The molecule has 3 amide bonds. The monoisotopic (exact) mass is 556 g/mol. The molecule has 0 saturated carbocycles. The summed E-state index contributed by atoms with van der Waals surface area (Å²) in [4.78, 5) is 38.8. The molecule has 0 fully saturated rings. The van der Waals surface area contributed by atoms with Crippen molar-refractivity contribution >= 4 is 45.6 Å². The molecular formula is C31H23F3N4O3. The highest BCUT2D eigenvalue weighted by Gasteiger charge is 2.30. The minimum absolute atomic E-state index is 0.0284. The van der Waals surface area contributed by atoms with Crippen molar-refractivity contribution in [2.45, 2.75) is 6.18 Å². The molecule has 10 heteroatoms. The van der Waals surface area contributed by atoms with Crippen LogP contribution in [0.15, 0.2) is 103 Å². The third-order valence-electron chi connectivity index (χ3n) is 6.36. The van der Waals surface area contributed by atoms with E-state index in [0.29, 0.717) is 22.5 Å². The Kier molecular flexibility index (Phi) is 7.30. The molecule has 4 aromatic carbocycles. The average molecular weight is 557 g/mol. The normalized spacial score (nSPS) is 11.2. The first-order valence-corrected chi connectivity index (χ1v) is 12.4. The first kappa shape index (κ1) is 27.2. The summed E-state index contributed by atoms with van der Waals surface area (Å²) in [5.41, 5.74) is 0.871. The van der Waals surface area contributed by atoms with E-state index >= 15 is 0 Å². The maximum atomic E-state index is 13.3. The van der Waals surface area contributed by atoms with Gasteiger partial charge in [0.05, 0.1) is 5.56 Å². The summed E-state index contributed by atoms with van der Waals surface area (Å²) < 4.78 is 40.4. The van der Waals surface area contributed by atoms with Gasteiger partial charge in [-0.3, -0.25) is 9.59 Å². The third kappa shape index (κ3) is 6.11. The van der Waals surface area contributed by atoms with E-state index in [9.17, 15) is 27.6 Å². The van der Waals surface area contributed by atoms with Crippen molar-refractivity contribution in [2.24, 2.45) is 7.05 Å². The molecule has 0 aliphatic rings. The van der Waals surface area contributed by atoms with Gasteiger partial charge < -0.3 is 20.5 Å². The van der Waals surface area contributed by atoms with E-state index in [1.807, 2.05) is 36.4 Å². The zero-order valence-electron chi connectivity index (χ0n) is 21.6. The molecule has 206 valence electrons. The number of nitrogens with zero attached hydrogens (tertiary/aromatic N) is 1. The molecule has 0 atom stereocenters. The smallest absolute Gasteiger partial charge is 0.346 e. The number of anilines is 3. The summed E-state index contributed by atoms with van der Waals surface area (Å²) in [6, 6.07) is 24.3. The van der Waals surface area contributed by atoms with Gasteiger partial charge in [0.25, 0.3) is 5.91 Å². The van der Waals surface area contributed by atoms with Gasteiger partial charge in [0.1, 0.15) is 5.69 Å². The highest BCUT2D eigenvalue weighted by Crippen LogP contribution is 2.31. The predicted octanol–water partition coefficient (Wildman–Crippen LogP) is 7.32. The highest BCUT2D eigenvalue weighted by atomic mass is 19.4. The summed E-state index contributed by atoms with van der Waals surface area (Å²) in [7, 11) is 1.66. The van der Waals surface area contributed by atoms with Crippen molar-refractivity contribution in [3.05, 3.63) is 126 Å². The van der Waals surface area contributed by atoms with E-state index in [2.05, 4.69) is 16.0 Å². The fourth-order valence-corrected chi connectivity index (χ4v) is 4.43. The van der Waals surface area contributed by atoms with Crippen LogP contribution in [0.5, 0.6) is 0 Å². The first-order chi connectivity index (χ1) is 19.6. The molecule has 0 aliphatic carbocycles. The van der Waals surface area contributed by atoms with Crippen LogP contribution in [-0.2, 0) is 13.2 Å². The number of ketones is 1. The second-order valence-electron chi connectivity index (χ2n) is 9.27. The van der Waals surface area contributed by atoms with Crippen molar-refractivity contribution in [3.63, 3.8) is 0 Å². The van der Waals surface area contributed by atoms with E-state index in [4.69, 9.17) is 0 Å². The molecule has 0 spiro atoms. The number of carbonyl (C=O) groups is 3. The Morgan fingerprint density at radius 2 is 1.32 bits per heavy atom. The Morgan fingerprint density at radius 3 is 2.05 bits per heavy atom. The van der Waals surface area contributed by atoms with Crippen molar-refractivity contribution in [1.82, 2.24) is 4.57 Å². The van der Waals surface area contributed by atoms with Crippen molar-refractivity contribution < 1.29 is 27.6 Å². The number of nitrogens with one attached hydrogen (secondary N) is 3. The SMILES string of the molecule is Cn1cc(C(=O)c2cccc3ccccc23)cc1C(=O)Nc1cccc(NC(=O)Nc2cccc(C(F)(F)F)c2)c1. The van der Waals surface area contributed by atoms with Gasteiger partial charge in [-0.15, -0.1) is 0 Å². The maximum absolute atomic E-state index is 13.3. The number of hydrogen-bond donors (Lipinski definition) is 3. The van der Waals surface area contributed by atoms with E-state index < -0.39 is 23.7 Å². The highest BCUT2D eigenvalue weighted by molar-refractivity contribution is 6.17. The Labute approximate surface area is 232 Å². The Hall–Kier alpha value is -5.38. The molecule has 3 N–H and O–H groups in total. The van der Waals surface area contributed by atoms with Gasteiger partial charge >= 0.3 is 12.2 Å². The minimum atomic E-state index is -4.54.